The maximum atomic E-state index is 12.5. The zero-order chi connectivity index (χ0) is 23.6. The summed E-state index contributed by atoms with van der Waals surface area (Å²) in [5.74, 6) is 0.0476. The molecule has 0 radical (unpaired) electrons. The van der Waals surface area contributed by atoms with Crippen molar-refractivity contribution in [2.75, 3.05) is 13.6 Å². The second-order valence-corrected chi connectivity index (χ2v) is 9.53. The summed E-state index contributed by atoms with van der Waals surface area (Å²) in [5.41, 5.74) is 1.15. The van der Waals surface area contributed by atoms with Crippen molar-refractivity contribution in [3.8, 4) is 17.1 Å². The fraction of sp³-hybridized carbons (Fsp3) is 0.333. The summed E-state index contributed by atoms with van der Waals surface area (Å²) in [6.45, 7) is 0.458. The molecule has 0 bridgehead atoms. The molecule has 0 aliphatic carbocycles. The number of likely N-dealkylation sites (tertiary alicyclic amines) is 1. The standard InChI is InChI=1S/C21H21F3N4O4S/c1-28-12-16(27-33(29,30)13-14-5-3-2-4-6-14)11-18(28)20-25-19(26-32-20)15-7-9-17(10-8-15)31-21(22,23)24/h2-10,16,18,27H,11-13H2,1H3/t16-,18-/m0/s1. The average Bonchev–Trinajstić information content (AvgIpc) is 3.34. The van der Waals surface area contributed by atoms with Crippen molar-refractivity contribution in [3.05, 3.63) is 66.1 Å². The van der Waals surface area contributed by atoms with Crippen molar-refractivity contribution in [3.63, 3.8) is 0 Å². The molecule has 0 spiro atoms. The van der Waals surface area contributed by atoms with E-state index in [1.807, 2.05) is 18.0 Å². The Balaban J connectivity index is 1.40. The first-order valence-electron chi connectivity index (χ1n) is 10.0. The van der Waals surface area contributed by atoms with Gasteiger partial charge in [-0.2, -0.15) is 4.98 Å². The van der Waals surface area contributed by atoms with Crippen LogP contribution in [0.4, 0.5) is 13.2 Å². The van der Waals surface area contributed by atoms with Gasteiger partial charge < -0.3 is 9.26 Å². The van der Waals surface area contributed by atoms with E-state index in [0.717, 1.165) is 12.1 Å². The van der Waals surface area contributed by atoms with Crippen molar-refractivity contribution < 1.29 is 30.8 Å². The van der Waals surface area contributed by atoms with Gasteiger partial charge in [0.15, 0.2) is 0 Å². The number of hydrogen-bond acceptors (Lipinski definition) is 7. The van der Waals surface area contributed by atoms with E-state index in [1.165, 1.54) is 12.1 Å². The summed E-state index contributed by atoms with van der Waals surface area (Å²) in [4.78, 5) is 6.27. The molecule has 0 saturated carbocycles. The summed E-state index contributed by atoms with van der Waals surface area (Å²) in [7, 11) is -1.71. The molecular weight excluding hydrogens is 461 g/mol. The van der Waals surface area contributed by atoms with Gasteiger partial charge in [-0.05, 0) is 43.3 Å². The van der Waals surface area contributed by atoms with E-state index in [1.54, 1.807) is 24.3 Å². The lowest BCUT2D eigenvalue weighted by Gasteiger charge is -2.14. The molecule has 1 fully saturated rings. The molecule has 12 heteroatoms. The number of aromatic nitrogens is 2. The van der Waals surface area contributed by atoms with Crippen LogP contribution < -0.4 is 9.46 Å². The number of benzene rings is 2. The lowest BCUT2D eigenvalue weighted by molar-refractivity contribution is -0.274. The van der Waals surface area contributed by atoms with Gasteiger partial charge in [-0.1, -0.05) is 35.5 Å². The first kappa shape index (κ1) is 23.2. The highest BCUT2D eigenvalue weighted by molar-refractivity contribution is 7.88. The first-order valence-corrected chi connectivity index (χ1v) is 11.7. The van der Waals surface area contributed by atoms with Gasteiger partial charge in [0.25, 0.3) is 0 Å². The minimum absolute atomic E-state index is 0.114. The van der Waals surface area contributed by atoms with Crippen LogP contribution in [0.25, 0.3) is 11.4 Å². The topological polar surface area (TPSA) is 97.6 Å². The summed E-state index contributed by atoms with van der Waals surface area (Å²) in [5, 5.41) is 3.91. The van der Waals surface area contributed by atoms with Gasteiger partial charge in [0.05, 0.1) is 11.8 Å². The molecule has 2 aromatic carbocycles. The Hall–Kier alpha value is -2.96. The summed E-state index contributed by atoms with van der Waals surface area (Å²) in [6.07, 6.45) is -4.34. The molecule has 0 unspecified atom stereocenters. The van der Waals surface area contributed by atoms with Crippen molar-refractivity contribution in [2.45, 2.75) is 30.6 Å². The number of likely N-dealkylation sites (N-methyl/N-ethyl adjacent to an activating group) is 1. The van der Waals surface area contributed by atoms with Gasteiger partial charge in [0, 0.05) is 18.2 Å². The van der Waals surface area contributed by atoms with Crippen LogP contribution in [0, 0.1) is 0 Å². The molecule has 2 atom stereocenters. The predicted molar refractivity (Wildman–Crippen MR) is 112 cm³/mol. The van der Waals surface area contributed by atoms with Crippen molar-refractivity contribution in [1.29, 1.82) is 0 Å². The third kappa shape index (κ3) is 6.09. The number of nitrogens with zero attached hydrogens (tertiary/aromatic N) is 3. The summed E-state index contributed by atoms with van der Waals surface area (Å²) < 4.78 is 74.0. The minimum atomic E-state index is -4.77. The van der Waals surface area contributed by atoms with E-state index in [4.69, 9.17) is 4.52 Å². The van der Waals surface area contributed by atoms with E-state index in [2.05, 4.69) is 19.6 Å². The van der Waals surface area contributed by atoms with E-state index >= 15 is 0 Å². The first-order chi connectivity index (χ1) is 15.6. The van der Waals surface area contributed by atoms with Gasteiger partial charge in [-0.25, -0.2) is 13.1 Å². The van der Waals surface area contributed by atoms with Crippen LogP contribution >= 0.6 is 0 Å². The Morgan fingerprint density at radius 2 is 1.85 bits per heavy atom. The van der Waals surface area contributed by atoms with E-state index in [9.17, 15) is 21.6 Å². The third-order valence-corrected chi connectivity index (χ3v) is 6.57. The average molecular weight is 482 g/mol. The quantitative estimate of drug-likeness (QED) is 0.551. The van der Waals surface area contributed by atoms with Gasteiger partial charge in [-0.3, -0.25) is 4.90 Å². The molecule has 3 aromatic rings. The highest BCUT2D eigenvalue weighted by Gasteiger charge is 2.36. The third-order valence-electron chi connectivity index (χ3n) is 5.17. The Morgan fingerprint density at radius 1 is 1.15 bits per heavy atom. The van der Waals surface area contributed by atoms with Gasteiger partial charge in [0.1, 0.15) is 5.75 Å². The smallest absolute Gasteiger partial charge is 0.406 e. The van der Waals surface area contributed by atoms with Gasteiger partial charge >= 0.3 is 6.36 Å². The minimum Gasteiger partial charge on any atom is -0.406 e. The maximum Gasteiger partial charge on any atom is 0.573 e. The van der Waals surface area contributed by atoms with E-state index in [0.29, 0.717) is 30.0 Å². The number of halogens is 3. The molecular formula is C21H21F3N4O4S. The van der Waals surface area contributed by atoms with Crippen molar-refractivity contribution in [1.82, 2.24) is 19.8 Å². The van der Waals surface area contributed by atoms with Crippen LogP contribution in [-0.4, -0.2) is 49.5 Å². The van der Waals surface area contributed by atoms with Gasteiger partial charge in [-0.15, -0.1) is 13.2 Å². The molecule has 1 aromatic heterocycles. The Bertz CT molecular complexity index is 1180. The predicted octanol–water partition coefficient (Wildman–Crippen LogP) is 3.50. The SMILES string of the molecule is CN1C[C@@H](NS(=O)(=O)Cc2ccccc2)C[C@H]1c1nc(-c2ccc(OC(F)(F)F)cc2)no1. The Morgan fingerprint density at radius 3 is 2.52 bits per heavy atom. The lowest BCUT2D eigenvalue weighted by atomic mass is 10.2. The number of ether oxygens (including phenoxy) is 1. The molecule has 1 aliphatic rings. The largest absolute Gasteiger partial charge is 0.573 e. The van der Waals surface area contributed by atoms with Crippen LogP contribution in [0.1, 0.15) is 23.9 Å². The van der Waals surface area contributed by atoms with Crippen LogP contribution in [0.3, 0.4) is 0 Å². The highest BCUT2D eigenvalue weighted by Crippen LogP contribution is 2.32. The van der Waals surface area contributed by atoms with Gasteiger partial charge in [0.2, 0.25) is 21.7 Å². The fourth-order valence-electron chi connectivity index (χ4n) is 3.76. The van der Waals surface area contributed by atoms with Crippen molar-refractivity contribution >= 4 is 10.0 Å². The second kappa shape index (κ2) is 9.12. The van der Waals surface area contributed by atoms with E-state index in [-0.39, 0.29) is 29.4 Å². The lowest BCUT2D eigenvalue weighted by Crippen LogP contribution is -2.37. The second-order valence-electron chi connectivity index (χ2n) is 7.78. The fourth-order valence-corrected chi connectivity index (χ4v) is 5.15. The highest BCUT2D eigenvalue weighted by atomic mass is 32.2. The number of sulfonamides is 1. The Kier molecular flexibility index (Phi) is 6.41. The molecule has 1 saturated heterocycles. The zero-order valence-electron chi connectivity index (χ0n) is 17.5. The summed E-state index contributed by atoms with van der Waals surface area (Å²) >= 11 is 0. The number of rotatable bonds is 7. The van der Waals surface area contributed by atoms with Crippen molar-refractivity contribution in [2.24, 2.45) is 0 Å². The van der Waals surface area contributed by atoms with Crippen LogP contribution in [0.5, 0.6) is 5.75 Å². The molecule has 1 aliphatic heterocycles. The summed E-state index contributed by atoms with van der Waals surface area (Å²) in [6, 6.07) is 13.4. The van der Waals surface area contributed by atoms with Crippen LogP contribution in [0.15, 0.2) is 59.1 Å². The zero-order valence-corrected chi connectivity index (χ0v) is 18.3. The molecule has 176 valence electrons. The number of alkyl halides is 3. The number of nitrogens with one attached hydrogen (secondary N) is 1. The molecule has 33 heavy (non-hydrogen) atoms. The monoisotopic (exact) mass is 482 g/mol. The van der Waals surface area contributed by atoms with Crippen LogP contribution in [0.2, 0.25) is 0 Å². The molecule has 4 rings (SSSR count). The normalized spacial score (nSPS) is 19.6. The molecule has 1 N–H and O–H groups in total. The van der Waals surface area contributed by atoms with E-state index < -0.39 is 16.4 Å². The molecule has 0 amide bonds. The molecule has 2 heterocycles. The number of hydrogen-bond donors (Lipinski definition) is 1. The maximum absolute atomic E-state index is 12.5. The van der Waals surface area contributed by atoms with Crippen LogP contribution in [-0.2, 0) is 15.8 Å². The Labute approximate surface area is 188 Å². The molecule has 8 nitrogen and oxygen atoms in total.